The Balaban J connectivity index is 1.51. The molecule has 1 unspecified atom stereocenters. The van der Waals surface area contributed by atoms with Crippen LogP contribution in [0, 0.1) is 5.82 Å². The van der Waals surface area contributed by atoms with E-state index in [0.717, 1.165) is 29.7 Å². The zero-order valence-corrected chi connectivity index (χ0v) is 14.1. The van der Waals surface area contributed by atoms with Gasteiger partial charge in [-0.3, -0.25) is 9.89 Å². The first-order valence-corrected chi connectivity index (χ1v) is 8.49. The molecule has 1 aliphatic rings. The number of nitrogens with two attached hydrogens (primary N) is 1. The summed E-state index contributed by atoms with van der Waals surface area (Å²) in [6.45, 7) is 0.427. The number of H-pyrrole nitrogens is 1. The fourth-order valence-electron chi connectivity index (χ4n) is 3.22. The number of carbonyl (C=O) groups is 1. The van der Waals surface area contributed by atoms with Gasteiger partial charge in [-0.25, -0.2) is 9.07 Å². The van der Waals surface area contributed by atoms with Crippen LogP contribution in [0.5, 0.6) is 0 Å². The van der Waals surface area contributed by atoms with Crippen LogP contribution in [-0.2, 0) is 19.4 Å². The van der Waals surface area contributed by atoms with E-state index in [0.29, 0.717) is 24.5 Å². The molecule has 4 rings (SSSR count). The molecule has 1 amide bonds. The number of halogens is 1. The lowest BCUT2D eigenvalue weighted by atomic mass is 9.92. The fraction of sp³-hybridized carbons (Fsp3) is 0.278. The normalized spacial score (nSPS) is 16.3. The van der Waals surface area contributed by atoms with Crippen molar-refractivity contribution in [2.24, 2.45) is 5.73 Å². The van der Waals surface area contributed by atoms with Crippen molar-refractivity contribution in [3.63, 3.8) is 0 Å². The van der Waals surface area contributed by atoms with Crippen LogP contribution < -0.4 is 11.1 Å². The summed E-state index contributed by atoms with van der Waals surface area (Å²) in [5.74, 6) is -0.00632. The third-order valence-electron chi connectivity index (χ3n) is 4.60. The number of nitrogens with one attached hydrogen (secondary N) is 2. The van der Waals surface area contributed by atoms with Gasteiger partial charge in [0.05, 0.1) is 12.7 Å². The molecule has 2 heterocycles. The Morgan fingerprint density at radius 1 is 1.35 bits per heavy atom. The number of anilines is 1. The van der Waals surface area contributed by atoms with Gasteiger partial charge in [-0.2, -0.15) is 10.2 Å². The van der Waals surface area contributed by atoms with E-state index in [9.17, 15) is 9.18 Å². The predicted octanol–water partition coefficient (Wildman–Crippen LogP) is 1.86. The third kappa shape index (κ3) is 3.23. The standard InChI is InChI=1S/C18H19FN6O/c19-12-3-1-11(2-4-12)10-25-16(7-8-21-25)22-18(26)17-14-6-5-13(20)9-15(14)23-24-17/h1-4,7-8,13H,5-6,9-10,20H2,(H,22,26)(H,23,24). The Morgan fingerprint density at radius 2 is 2.15 bits per heavy atom. The third-order valence-corrected chi connectivity index (χ3v) is 4.60. The lowest BCUT2D eigenvalue weighted by molar-refractivity contribution is 0.102. The highest BCUT2D eigenvalue weighted by molar-refractivity contribution is 6.03. The van der Waals surface area contributed by atoms with Gasteiger partial charge in [-0.1, -0.05) is 12.1 Å². The SMILES string of the molecule is NC1CCc2c(C(=O)Nc3ccnn3Cc3ccc(F)cc3)n[nH]c2C1. The van der Waals surface area contributed by atoms with E-state index >= 15 is 0 Å². The fourth-order valence-corrected chi connectivity index (χ4v) is 3.22. The van der Waals surface area contributed by atoms with Gasteiger partial charge in [0.1, 0.15) is 11.6 Å². The number of carbonyl (C=O) groups excluding carboxylic acids is 1. The van der Waals surface area contributed by atoms with Crippen molar-refractivity contribution in [2.45, 2.75) is 31.8 Å². The number of nitrogens with zero attached hydrogens (tertiary/aromatic N) is 3. The molecular weight excluding hydrogens is 335 g/mol. The van der Waals surface area contributed by atoms with Crippen LogP contribution in [0.3, 0.4) is 0 Å². The Morgan fingerprint density at radius 3 is 2.96 bits per heavy atom. The number of aromatic amines is 1. The number of fused-ring (bicyclic) bond motifs is 1. The maximum Gasteiger partial charge on any atom is 0.277 e. The number of hydrogen-bond acceptors (Lipinski definition) is 4. The number of benzene rings is 1. The lowest BCUT2D eigenvalue weighted by Gasteiger charge is -2.17. The Labute approximate surface area is 149 Å². The van der Waals surface area contributed by atoms with E-state index in [2.05, 4.69) is 20.6 Å². The number of rotatable bonds is 4. The summed E-state index contributed by atoms with van der Waals surface area (Å²) in [5, 5.41) is 14.2. The Kier molecular flexibility index (Phi) is 4.26. The molecule has 0 bridgehead atoms. The molecule has 7 nitrogen and oxygen atoms in total. The van der Waals surface area contributed by atoms with Crippen molar-refractivity contribution in [1.82, 2.24) is 20.0 Å². The molecule has 3 aromatic rings. The first kappa shape index (κ1) is 16.5. The van der Waals surface area contributed by atoms with E-state index < -0.39 is 0 Å². The molecule has 0 saturated carbocycles. The van der Waals surface area contributed by atoms with Gasteiger partial charge in [-0.05, 0) is 30.5 Å². The second-order valence-electron chi connectivity index (χ2n) is 6.49. The highest BCUT2D eigenvalue weighted by atomic mass is 19.1. The van der Waals surface area contributed by atoms with Crippen molar-refractivity contribution in [3.8, 4) is 0 Å². The summed E-state index contributed by atoms with van der Waals surface area (Å²) in [7, 11) is 0. The topological polar surface area (TPSA) is 102 Å². The molecule has 0 aliphatic heterocycles. The van der Waals surface area contributed by atoms with Crippen LogP contribution in [0.25, 0.3) is 0 Å². The summed E-state index contributed by atoms with van der Waals surface area (Å²) in [4.78, 5) is 12.7. The van der Waals surface area contributed by atoms with Crippen LogP contribution in [0.4, 0.5) is 10.2 Å². The van der Waals surface area contributed by atoms with Crippen molar-refractivity contribution in [1.29, 1.82) is 0 Å². The molecule has 4 N–H and O–H groups in total. The summed E-state index contributed by atoms with van der Waals surface area (Å²) >= 11 is 0. The molecule has 1 aliphatic carbocycles. The first-order valence-electron chi connectivity index (χ1n) is 8.49. The van der Waals surface area contributed by atoms with Crippen molar-refractivity contribution in [3.05, 3.63) is 64.9 Å². The average molecular weight is 354 g/mol. The van der Waals surface area contributed by atoms with Crippen LogP contribution in [-0.4, -0.2) is 31.9 Å². The molecule has 1 atom stereocenters. The molecule has 0 fully saturated rings. The van der Waals surface area contributed by atoms with Crippen molar-refractivity contribution in [2.75, 3.05) is 5.32 Å². The molecule has 0 spiro atoms. The van der Waals surface area contributed by atoms with Gasteiger partial charge in [-0.15, -0.1) is 0 Å². The van der Waals surface area contributed by atoms with Crippen molar-refractivity contribution < 1.29 is 9.18 Å². The monoisotopic (exact) mass is 354 g/mol. The maximum atomic E-state index is 13.0. The van der Waals surface area contributed by atoms with E-state index in [-0.39, 0.29) is 17.8 Å². The molecule has 0 radical (unpaired) electrons. The average Bonchev–Trinajstić information content (AvgIpc) is 3.23. The van der Waals surface area contributed by atoms with E-state index in [1.165, 1.54) is 12.1 Å². The molecular formula is C18H19FN6O. The minimum Gasteiger partial charge on any atom is -0.327 e. The lowest BCUT2D eigenvalue weighted by Crippen LogP contribution is -2.28. The van der Waals surface area contributed by atoms with Gasteiger partial charge < -0.3 is 11.1 Å². The Hall–Kier alpha value is -3.00. The van der Waals surface area contributed by atoms with Crippen LogP contribution in [0.2, 0.25) is 0 Å². The molecule has 0 saturated heterocycles. The summed E-state index contributed by atoms with van der Waals surface area (Å²) in [5.41, 5.74) is 9.13. The minimum atomic E-state index is -0.286. The van der Waals surface area contributed by atoms with Crippen molar-refractivity contribution >= 4 is 11.7 Å². The van der Waals surface area contributed by atoms with Gasteiger partial charge in [0.15, 0.2) is 5.69 Å². The summed E-state index contributed by atoms with van der Waals surface area (Å²) < 4.78 is 14.7. The predicted molar refractivity (Wildman–Crippen MR) is 94.3 cm³/mol. The zero-order chi connectivity index (χ0) is 18.1. The largest absolute Gasteiger partial charge is 0.327 e. The quantitative estimate of drug-likeness (QED) is 0.665. The summed E-state index contributed by atoms with van der Waals surface area (Å²) in [6.07, 6.45) is 3.90. The number of amides is 1. The van der Waals surface area contributed by atoms with Gasteiger partial charge in [0.2, 0.25) is 0 Å². The first-order chi connectivity index (χ1) is 12.6. The van der Waals surface area contributed by atoms with Crippen LogP contribution >= 0.6 is 0 Å². The zero-order valence-electron chi connectivity index (χ0n) is 14.1. The molecule has 26 heavy (non-hydrogen) atoms. The smallest absolute Gasteiger partial charge is 0.277 e. The highest BCUT2D eigenvalue weighted by Gasteiger charge is 2.25. The molecule has 8 heteroatoms. The number of hydrogen-bond donors (Lipinski definition) is 3. The van der Waals surface area contributed by atoms with E-state index in [4.69, 9.17) is 5.73 Å². The maximum absolute atomic E-state index is 13.0. The number of aromatic nitrogens is 4. The van der Waals surface area contributed by atoms with E-state index in [1.54, 1.807) is 29.1 Å². The van der Waals surface area contributed by atoms with Crippen LogP contribution in [0.1, 0.15) is 33.7 Å². The second-order valence-corrected chi connectivity index (χ2v) is 6.49. The van der Waals surface area contributed by atoms with Crippen LogP contribution in [0.15, 0.2) is 36.5 Å². The van der Waals surface area contributed by atoms with Gasteiger partial charge >= 0.3 is 0 Å². The molecule has 134 valence electrons. The highest BCUT2D eigenvalue weighted by Crippen LogP contribution is 2.22. The van der Waals surface area contributed by atoms with Gasteiger partial charge in [0, 0.05) is 29.8 Å². The second kappa shape index (κ2) is 6.72. The van der Waals surface area contributed by atoms with E-state index in [1.807, 2.05) is 0 Å². The minimum absolute atomic E-state index is 0.107. The van der Waals surface area contributed by atoms with Gasteiger partial charge in [0.25, 0.3) is 5.91 Å². The summed E-state index contributed by atoms with van der Waals surface area (Å²) in [6, 6.07) is 8.01. The molecule has 1 aromatic carbocycles. The Bertz CT molecular complexity index is 930. The molecule has 2 aromatic heterocycles.